The van der Waals surface area contributed by atoms with Crippen molar-refractivity contribution in [3.05, 3.63) is 0 Å². The Bertz CT molecular complexity index is 2620. The Balaban J connectivity index is 1.07. The number of aliphatic hydroxyl groups excluding tert-OH is 21. The van der Waals surface area contributed by atoms with Crippen molar-refractivity contribution in [3.63, 3.8) is 0 Å². The third-order valence-corrected chi connectivity index (χ3v) is 18.2. The zero-order valence-electron chi connectivity index (χ0n) is 54.2. The monoisotopic (exact) mass is 1460 g/mol. The van der Waals surface area contributed by atoms with Gasteiger partial charge in [-0.2, -0.15) is 0 Å². The van der Waals surface area contributed by atoms with Crippen molar-refractivity contribution in [2.75, 3.05) is 46.2 Å². The van der Waals surface area contributed by atoms with Gasteiger partial charge in [0.2, 0.25) is 23.6 Å². The molecule has 8 heterocycles. The zero-order valence-corrected chi connectivity index (χ0v) is 54.2. The quantitative estimate of drug-likeness (QED) is 0.0404. The van der Waals surface area contributed by atoms with E-state index in [2.05, 4.69) is 21.3 Å². The van der Waals surface area contributed by atoms with Gasteiger partial charge in [0.05, 0.1) is 52.4 Å². The number of hydrogen-bond donors (Lipinski definition) is 25. The first kappa shape index (κ1) is 82.1. The van der Waals surface area contributed by atoms with Crippen molar-refractivity contribution in [1.29, 1.82) is 0 Å². The standard InChI is InChI=1S/C56H94N4O40/c1-13-29(70)38(79)41(82)53(88-13)86-12-24-46(35(76)25(49(85)89-24)57-14(2)66)97-51-27(59-16(4)68)37(78)45(22(10-65)93-51)98-55-43(84)47(99-54-42(83)39(80)31(72)19(7-62)91-54)33(74)23(95-55)11-87-56-48(40(81)32(73)20(8-63)92-56)100-52-28(60-17(5)69)36(77)44(21(9-64)94-52)96-50-26(58-15(3)67)34(75)30(71)18(6-61)90-50/h13,18-56,61-65,70-85H,6-12H2,1-5H3,(H,57,66)(H,58,67)(H,59,68)(H,60,69)/t13-,18+,19+,20+,21+,22+,23+,24+,25+,26+,27+,28+,29+,30-,31+,32+,33+,34+,35+,36+,37+,38+,39-,40-,41-,42-,43-,44+,45+,46+,47-,48-,49+,50-,51-,52-,53+,54+,55-,56-/m0/s1. The fourth-order valence-electron chi connectivity index (χ4n) is 12.8. The van der Waals surface area contributed by atoms with Crippen LogP contribution in [0.15, 0.2) is 0 Å². The molecule has 44 nitrogen and oxygen atoms in total. The van der Waals surface area contributed by atoms with Crippen molar-refractivity contribution < 1.29 is 197 Å². The van der Waals surface area contributed by atoms with Crippen molar-refractivity contribution >= 4 is 23.6 Å². The number of carbonyl (C=O) groups excluding carboxylic acids is 4. The molecule has 578 valence electrons. The van der Waals surface area contributed by atoms with E-state index in [1.807, 2.05) is 0 Å². The molecule has 0 unspecified atom stereocenters. The van der Waals surface area contributed by atoms with Gasteiger partial charge in [-0.05, 0) is 6.92 Å². The Morgan fingerprint density at radius 3 is 1.10 bits per heavy atom. The molecule has 4 amide bonds. The summed E-state index contributed by atoms with van der Waals surface area (Å²) in [5.74, 6) is -3.38. The first-order valence-electron chi connectivity index (χ1n) is 32.0. The molecule has 25 N–H and O–H groups in total. The fourth-order valence-corrected chi connectivity index (χ4v) is 12.8. The third-order valence-electron chi connectivity index (χ3n) is 18.2. The SMILES string of the molecule is CC(=O)N[C@@H]1[C@@H](O)[C@H](O[C@@H]2O[C@H](CO)[C@@H](O[C@@H]3O[C@H](CO[C@H]4O[C@H](CO)[C@@H](O)[C@H](O)[C@@H]4O[C@@H]4O[C@H](CO)[C@@H](O[C@@H]5O[C@H](CO)[C@H](O)[C@H](O)[C@H]5NC(C)=O)[C@H](O)[C@H]4NC(C)=O)[C@@H](O)[C@H](O[C@H]4O[C@H](CO)[C@@H](O)[C@H](O)[C@@H]4O)[C@@H]3O)[C@H](O)[C@H]2NC(C)=O)[C@@H](CO[C@@H]2O[C@@H](C)[C@@H](O)[C@@H](O)[C@@H]2O)O[C@H]1O. The Labute approximate surface area is 567 Å². The summed E-state index contributed by atoms with van der Waals surface area (Å²) in [6, 6.07) is -7.04. The van der Waals surface area contributed by atoms with Crippen LogP contribution in [0.4, 0.5) is 0 Å². The average Bonchev–Trinajstić information content (AvgIpc) is 0.776. The van der Waals surface area contributed by atoms with Crippen LogP contribution >= 0.6 is 0 Å². The lowest BCUT2D eigenvalue weighted by molar-refractivity contribution is -0.388. The topological polar surface area (TPSA) is 680 Å². The van der Waals surface area contributed by atoms with E-state index >= 15 is 0 Å². The summed E-state index contributed by atoms with van der Waals surface area (Å²) in [6.45, 7) is -1.75. The summed E-state index contributed by atoms with van der Waals surface area (Å²) < 4.78 is 88.3. The van der Waals surface area contributed by atoms with Gasteiger partial charge in [0.25, 0.3) is 0 Å². The van der Waals surface area contributed by atoms with Crippen LogP contribution in [0.1, 0.15) is 34.6 Å². The van der Waals surface area contributed by atoms with Crippen molar-refractivity contribution in [3.8, 4) is 0 Å². The average molecular weight is 1460 g/mol. The van der Waals surface area contributed by atoms with Gasteiger partial charge in [0.1, 0.15) is 189 Å². The number of amides is 4. The molecule has 0 aromatic rings. The lowest BCUT2D eigenvalue weighted by Gasteiger charge is -2.50. The van der Waals surface area contributed by atoms with Gasteiger partial charge in [-0.15, -0.1) is 0 Å². The third kappa shape index (κ3) is 18.3. The molecule has 0 bridgehead atoms. The molecule has 0 aromatic heterocycles. The van der Waals surface area contributed by atoms with Gasteiger partial charge in [-0.3, -0.25) is 19.2 Å². The van der Waals surface area contributed by atoms with E-state index in [1.54, 1.807) is 0 Å². The van der Waals surface area contributed by atoms with E-state index in [9.17, 15) is 126 Å². The van der Waals surface area contributed by atoms with Crippen molar-refractivity contribution in [2.45, 2.75) is 280 Å². The first-order chi connectivity index (χ1) is 47.2. The largest absolute Gasteiger partial charge is 0.394 e. The number of ether oxygens (including phenoxy) is 15. The molecule has 8 saturated heterocycles. The van der Waals surface area contributed by atoms with E-state index in [-0.39, 0.29) is 0 Å². The normalized spacial score (nSPS) is 48.7. The predicted octanol–water partition coefficient (Wildman–Crippen LogP) is -16.8. The molecule has 8 aliphatic rings. The molecule has 0 spiro atoms. The van der Waals surface area contributed by atoms with E-state index in [4.69, 9.17) is 71.1 Å². The molecule has 0 aromatic carbocycles. The van der Waals surface area contributed by atoms with E-state index < -0.39 is 315 Å². The molecule has 8 rings (SSSR count). The highest BCUT2D eigenvalue weighted by atomic mass is 16.8. The molecular formula is C56H94N4O40. The molecule has 40 atom stereocenters. The molecule has 0 saturated carbocycles. The Morgan fingerprint density at radius 2 is 0.610 bits per heavy atom. The van der Waals surface area contributed by atoms with E-state index in [0.29, 0.717) is 0 Å². The Morgan fingerprint density at radius 1 is 0.280 bits per heavy atom. The summed E-state index contributed by atoms with van der Waals surface area (Å²) in [4.78, 5) is 50.3. The number of rotatable bonds is 25. The minimum atomic E-state index is -2.40. The number of hydrogen-bond acceptors (Lipinski definition) is 40. The molecule has 0 radical (unpaired) electrons. The van der Waals surface area contributed by atoms with Crippen LogP contribution < -0.4 is 21.3 Å². The highest BCUT2D eigenvalue weighted by Gasteiger charge is 2.59. The van der Waals surface area contributed by atoms with Gasteiger partial charge >= 0.3 is 0 Å². The highest BCUT2D eigenvalue weighted by molar-refractivity contribution is 5.74. The van der Waals surface area contributed by atoms with Gasteiger partial charge < -0.3 is 200 Å². The van der Waals surface area contributed by atoms with Gasteiger partial charge in [0.15, 0.2) is 50.3 Å². The maximum absolute atomic E-state index is 13.0. The summed E-state index contributed by atoms with van der Waals surface area (Å²) in [7, 11) is 0. The molecule has 8 aliphatic heterocycles. The number of aliphatic hydroxyl groups is 21. The second kappa shape index (κ2) is 35.7. The van der Waals surface area contributed by atoms with Crippen LogP contribution in [0.5, 0.6) is 0 Å². The Kier molecular flexibility index (Phi) is 29.3. The van der Waals surface area contributed by atoms with Gasteiger partial charge in [-0.1, -0.05) is 0 Å². The second-order valence-electron chi connectivity index (χ2n) is 25.4. The molecule has 0 aliphatic carbocycles. The van der Waals surface area contributed by atoms with Crippen LogP contribution in [0, 0.1) is 0 Å². The molecule has 44 heteroatoms. The fraction of sp³-hybridized carbons (Fsp3) is 0.929. The predicted molar refractivity (Wildman–Crippen MR) is 309 cm³/mol. The molecule has 8 fully saturated rings. The van der Waals surface area contributed by atoms with Gasteiger partial charge in [0, 0.05) is 27.7 Å². The minimum absolute atomic E-state index is 0.771. The lowest BCUT2D eigenvalue weighted by atomic mass is 9.93. The zero-order chi connectivity index (χ0) is 73.8. The lowest BCUT2D eigenvalue weighted by Crippen LogP contribution is -2.70. The van der Waals surface area contributed by atoms with E-state index in [1.165, 1.54) is 6.92 Å². The number of nitrogens with one attached hydrogen (secondary N) is 4. The molecule has 100 heavy (non-hydrogen) atoms. The maximum Gasteiger partial charge on any atom is 0.217 e. The van der Waals surface area contributed by atoms with Crippen LogP contribution in [0.2, 0.25) is 0 Å². The van der Waals surface area contributed by atoms with Crippen LogP contribution in [-0.4, -0.2) is 423 Å². The highest BCUT2D eigenvalue weighted by Crippen LogP contribution is 2.38. The van der Waals surface area contributed by atoms with Crippen molar-refractivity contribution in [1.82, 2.24) is 21.3 Å². The van der Waals surface area contributed by atoms with E-state index in [0.717, 1.165) is 27.7 Å². The summed E-state index contributed by atoms with van der Waals surface area (Å²) in [5.41, 5.74) is 0. The second-order valence-corrected chi connectivity index (χ2v) is 25.4. The van der Waals surface area contributed by atoms with Crippen molar-refractivity contribution in [2.24, 2.45) is 0 Å². The van der Waals surface area contributed by atoms with Crippen LogP contribution in [-0.2, 0) is 90.2 Å². The maximum atomic E-state index is 13.0. The summed E-state index contributed by atoms with van der Waals surface area (Å²) >= 11 is 0. The van der Waals surface area contributed by atoms with Crippen LogP contribution in [0.3, 0.4) is 0 Å². The Hall–Kier alpha value is -3.56. The summed E-state index contributed by atoms with van der Waals surface area (Å²) in [5, 5.41) is 241. The first-order valence-corrected chi connectivity index (χ1v) is 32.0. The number of carbonyl (C=O) groups is 4. The minimum Gasteiger partial charge on any atom is -0.394 e. The smallest absolute Gasteiger partial charge is 0.217 e. The molecular weight excluding hydrogens is 1370 g/mol. The van der Waals surface area contributed by atoms with Gasteiger partial charge in [-0.25, -0.2) is 0 Å². The summed E-state index contributed by atoms with van der Waals surface area (Å²) in [6.07, 6.45) is -70.3. The van der Waals surface area contributed by atoms with Crippen LogP contribution in [0.25, 0.3) is 0 Å².